The van der Waals surface area contributed by atoms with Crippen LogP contribution in [0.1, 0.15) is 5.56 Å². The topological polar surface area (TPSA) is 58.6 Å². The molecule has 1 aromatic carbocycles. The molecule has 0 atom stereocenters. The third-order valence-corrected chi connectivity index (χ3v) is 1.66. The Morgan fingerprint density at radius 2 is 2.14 bits per heavy atom. The SMILES string of the molecule is COc1cc(C)ccc1OCC(=O)[O-]. The van der Waals surface area contributed by atoms with Gasteiger partial charge in [0.05, 0.1) is 13.1 Å². The molecule has 4 heteroatoms. The molecule has 0 fully saturated rings. The van der Waals surface area contributed by atoms with E-state index in [4.69, 9.17) is 9.47 Å². The number of aryl methyl sites for hydroxylation is 1. The number of hydrogen-bond donors (Lipinski definition) is 0. The molecule has 0 aromatic heterocycles. The predicted octanol–water partition coefficient (Wildman–Crippen LogP) is 0.132. The lowest BCUT2D eigenvalue weighted by molar-refractivity contribution is -0.307. The highest BCUT2D eigenvalue weighted by atomic mass is 16.5. The van der Waals surface area contributed by atoms with E-state index in [1.807, 2.05) is 13.0 Å². The standard InChI is InChI=1S/C10H12O4/c1-7-3-4-8(9(5-7)13-2)14-6-10(11)12/h3-5H,6H2,1-2H3,(H,11,12)/p-1. The molecule has 0 spiro atoms. The molecule has 0 aliphatic carbocycles. The Kier molecular flexibility index (Phi) is 3.34. The third-order valence-electron chi connectivity index (χ3n) is 1.66. The van der Waals surface area contributed by atoms with Crippen LogP contribution in [0.3, 0.4) is 0 Å². The van der Waals surface area contributed by atoms with E-state index in [0.29, 0.717) is 11.5 Å². The lowest BCUT2D eigenvalue weighted by Gasteiger charge is -2.11. The Hall–Kier alpha value is -1.71. The van der Waals surface area contributed by atoms with Crippen molar-refractivity contribution in [3.05, 3.63) is 23.8 Å². The second-order valence-electron chi connectivity index (χ2n) is 2.81. The summed E-state index contributed by atoms with van der Waals surface area (Å²) in [4.78, 5) is 10.2. The number of methoxy groups -OCH3 is 1. The van der Waals surface area contributed by atoms with Gasteiger partial charge in [-0.05, 0) is 24.6 Å². The second kappa shape index (κ2) is 4.50. The summed E-state index contributed by atoms with van der Waals surface area (Å²) in [5, 5.41) is 10.2. The first-order valence-electron chi connectivity index (χ1n) is 4.11. The molecule has 0 N–H and O–H groups in total. The van der Waals surface area contributed by atoms with Crippen LogP contribution in [-0.4, -0.2) is 19.7 Å². The van der Waals surface area contributed by atoms with Crippen molar-refractivity contribution in [2.45, 2.75) is 6.92 Å². The molecule has 0 unspecified atom stereocenters. The largest absolute Gasteiger partial charge is 0.546 e. The van der Waals surface area contributed by atoms with Gasteiger partial charge in [-0.25, -0.2) is 0 Å². The highest BCUT2D eigenvalue weighted by Crippen LogP contribution is 2.27. The van der Waals surface area contributed by atoms with E-state index >= 15 is 0 Å². The smallest absolute Gasteiger partial charge is 0.161 e. The third kappa shape index (κ3) is 2.65. The summed E-state index contributed by atoms with van der Waals surface area (Å²) in [6, 6.07) is 5.24. The fourth-order valence-corrected chi connectivity index (χ4v) is 1.03. The number of aliphatic carboxylic acids is 1. The zero-order valence-electron chi connectivity index (χ0n) is 8.07. The van der Waals surface area contributed by atoms with Gasteiger partial charge in [0.1, 0.15) is 6.61 Å². The normalized spacial score (nSPS) is 9.57. The maximum atomic E-state index is 10.2. The summed E-state index contributed by atoms with van der Waals surface area (Å²) >= 11 is 0. The van der Waals surface area contributed by atoms with E-state index in [9.17, 15) is 9.90 Å². The molecule has 0 radical (unpaired) electrons. The van der Waals surface area contributed by atoms with Gasteiger partial charge in [0.15, 0.2) is 11.5 Å². The van der Waals surface area contributed by atoms with E-state index in [-0.39, 0.29) is 0 Å². The van der Waals surface area contributed by atoms with Gasteiger partial charge < -0.3 is 19.4 Å². The van der Waals surface area contributed by atoms with Crippen molar-refractivity contribution >= 4 is 5.97 Å². The maximum absolute atomic E-state index is 10.2. The number of hydrogen-bond acceptors (Lipinski definition) is 4. The molecule has 4 nitrogen and oxygen atoms in total. The van der Waals surface area contributed by atoms with E-state index in [2.05, 4.69) is 0 Å². The van der Waals surface area contributed by atoms with Gasteiger partial charge >= 0.3 is 0 Å². The van der Waals surface area contributed by atoms with Gasteiger partial charge in [-0.2, -0.15) is 0 Å². The number of carbonyl (C=O) groups is 1. The van der Waals surface area contributed by atoms with Crippen molar-refractivity contribution in [3.63, 3.8) is 0 Å². The molecule has 0 aliphatic rings. The van der Waals surface area contributed by atoms with Crippen LogP contribution in [0, 0.1) is 6.92 Å². The monoisotopic (exact) mass is 195 g/mol. The molecule has 0 heterocycles. The lowest BCUT2D eigenvalue weighted by Crippen LogP contribution is -2.29. The number of ether oxygens (including phenoxy) is 2. The first-order chi connectivity index (χ1) is 6.63. The van der Waals surface area contributed by atoms with Gasteiger partial charge in [0.2, 0.25) is 0 Å². The number of carboxylic acids is 1. The molecule has 1 aromatic rings. The fraction of sp³-hybridized carbons (Fsp3) is 0.300. The Bertz CT molecular complexity index is 333. The molecule has 14 heavy (non-hydrogen) atoms. The number of carboxylic acid groups (broad SMARTS) is 1. The molecule has 0 bridgehead atoms. The van der Waals surface area contributed by atoms with Crippen LogP contribution in [-0.2, 0) is 4.79 Å². The van der Waals surface area contributed by atoms with Gasteiger partial charge in [0, 0.05) is 0 Å². The van der Waals surface area contributed by atoms with Gasteiger partial charge in [-0.15, -0.1) is 0 Å². The molecular formula is C10H11O4-. The maximum Gasteiger partial charge on any atom is 0.161 e. The molecular weight excluding hydrogens is 184 g/mol. The summed E-state index contributed by atoms with van der Waals surface area (Å²) in [6.45, 7) is 1.43. The Labute approximate surface area is 82.1 Å². The predicted molar refractivity (Wildman–Crippen MR) is 48.2 cm³/mol. The Morgan fingerprint density at radius 1 is 1.43 bits per heavy atom. The highest BCUT2D eigenvalue weighted by Gasteiger charge is 2.03. The molecule has 0 saturated heterocycles. The zero-order chi connectivity index (χ0) is 10.6. The number of carbonyl (C=O) groups excluding carboxylic acids is 1. The van der Waals surface area contributed by atoms with Crippen LogP contribution in [0.4, 0.5) is 0 Å². The lowest BCUT2D eigenvalue weighted by atomic mass is 10.2. The van der Waals surface area contributed by atoms with Crippen molar-refractivity contribution in [2.24, 2.45) is 0 Å². The number of benzene rings is 1. The van der Waals surface area contributed by atoms with Crippen LogP contribution < -0.4 is 14.6 Å². The number of rotatable bonds is 4. The average Bonchev–Trinajstić information content (AvgIpc) is 2.15. The molecule has 0 saturated carbocycles. The van der Waals surface area contributed by atoms with Gasteiger partial charge in [-0.1, -0.05) is 6.07 Å². The first-order valence-corrected chi connectivity index (χ1v) is 4.11. The fourth-order valence-electron chi connectivity index (χ4n) is 1.03. The minimum absolute atomic E-state index is 0.405. The van der Waals surface area contributed by atoms with Gasteiger partial charge in [0.25, 0.3) is 0 Å². The van der Waals surface area contributed by atoms with Crippen molar-refractivity contribution in [2.75, 3.05) is 13.7 Å². The minimum atomic E-state index is -1.26. The van der Waals surface area contributed by atoms with Crippen LogP contribution >= 0.6 is 0 Å². The summed E-state index contributed by atoms with van der Waals surface area (Å²) in [5.74, 6) is -0.332. The van der Waals surface area contributed by atoms with E-state index in [0.717, 1.165) is 5.56 Å². The van der Waals surface area contributed by atoms with E-state index in [1.165, 1.54) is 7.11 Å². The van der Waals surface area contributed by atoms with Crippen molar-refractivity contribution < 1.29 is 19.4 Å². The van der Waals surface area contributed by atoms with E-state index < -0.39 is 12.6 Å². The van der Waals surface area contributed by atoms with Crippen molar-refractivity contribution in [1.82, 2.24) is 0 Å². The summed E-state index contributed by atoms with van der Waals surface area (Å²) in [7, 11) is 1.50. The van der Waals surface area contributed by atoms with Crippen LogP contribution in [0.5, 0.6) is 11.5 Å². The molecule has 0 amide bonds. The second-order valence-corrected chi connectivity index (χ2v) is 2.81. The van der Waals surface area contributed by atoms with Crippen LogP contribution in [0.15, 0.2) is 18.2 Å². The molecule has 1 rings (SSSR count). The Balaban J connectivity index is 2.80. The van der Waals surface area contributed by atoms with E-state index in [1.54, 1.807) is 12.1 Å². The van der Waals surface area contributed by atoms with Crippen molar-refractivity contribution in [1.29, 1.82) is 0 Å². The highest BCUT2D eigenvalue weighted by molar-refractivity contribution is 5.66. The summed E-state index contributed by atoms with van der Waals surface area (Å²) < 4.78 is 9.98. The summed E-state index contributed by atoms with van der Waals surface area (Å²) in [5.41, 5.74) is 1.02. The Morgan fingerprint density at radius 3 is 2.71 bits per heavy atom. The van der Waals surface area contributed by atoms with Crippen LogP contribution in [0.25, 0.3) is 0 Å². The quantitative estimate of drug-likeness (QED) is 0.685. The first kappa shape index (κ1) is 10.4. The van der Waals surface area contributed by atoms with Crippen LogP contribution in [0.2, 0.25) is 0 Å². The molecule has 76 valence electrons. The van der Waals surface area contributed by atoms with Gasteiger partial charge in [-0.3, -0.25) is 0 Å². The average molecular weight is 195 g/mol. The molecule has 0 aliphatic heterocycles. The summed E-state index contributed by atoms with van der Waals surface area (Å²) in [6.07, 6.45) is 0. The minimum Gasteiger partial charge on any atom is -0.546 e. The van der Waals surface area contributed by atoms with Crippen molar-refractivity contribution in [3.8, 4) is 11.5 Å². The zero-order valence-corrected chi connectivity index (χ0v) is 8.07.